The van der Waals surface area contributed by atoms with E-state index in [1.165, 1.54) is 0 Å². The van der Waals surface area contributed by atoms with Gasteiger partial charge >= 0.3 is 0 Å². The maximum atomic E-state index is 5.77. The minimum atomic E-state index is 0.622. The van der Waals surface area contributed by atoms with Crippen molar-refractivity contribution in [2.24, 2.45) is 0 Å². The molecular weight excluding hydrogens is 314 g/mol. The van der Waals surface area contributed by atoms with Crippen molar-refractivity contribution in [2.45, 2.75) is 6.42 Å². The summed E-state index contributed by atoms with van der Waals surface area (Å²) in [5.74, 6) is 0.622. The van der Waals surface area contributed by atoms with Crippen LogP contribution in [-0.4, -0.2) is 10.1 Å². The number of halogens is 2. The summed E-state index contributed by atoms with van der Waals surface area (Å²) in [6, 6.07) is 7.58. The molecule has 0 aliphatic carbocycles. The van der Waals surface area contributed by atoms with E-state index in [-0.39, 0.29) is 0 Å². The number of hydrogen-bond donors (Lipinski definition) is 0. The molecule has 72 valence electrons. The molecule has 2 aromatic rings. The van der Waals surface area contributed by atoms with Gasteiger partial charge in [-0.05, 0) is 17.7 Å². The van der Waals surface area contributed by atoms with Crippen molar-refractivity contribution in [1.29, 1.82) is 0 Å². The van der Waals surface area contributed by atoms with Crippen LogP contribution < -0.4 is 0 Å². The fourth-order valence-electron chi connectivity index (χ4n) is 1.08. The summed E-state index contributed by atoms with van der Waals surface area (Å²) >= 11 is 7.78. The average Bonchev–Trinajstić information content (AvgIpc) is 2.56. The van der Waals surface area contributed by atoms with Gasteiger partial charge in [0.1, 0.15) is 0 Å². The van der Waals surface area contributed by atoms with Crippen molar-refractivity contribution < 1.29 is 4.52 Å². The molecule has 5 heteroatoms. The van der Waals surface area contributed by atoms with Crippen LogP contribution in [0.4, 0.5) is 0 Å². The van der Waals surface area contributed by atoms with Crippen LogP contribution in [-0.2, 0) is 6.42 Å². The first-order chi connectivity index (χ1) is 6.74. The van der Waals surface area contributed by atoms with Crippen LogP contribution in [0.3, 0.4) is 0 Å². The lowest BCUT2D eigenvalue weighted by Crippen LogP contribution is -1.87. The minimum absolute atomic E-state index is 0.622. The molecule has 0 aliphatic heterocycles. The van der Waals surface area contributed by atoms with E-state index in [1.807, 2.05) is 46.9 Å². The smallest absolute Gasteiger partial charge is 0.232 e. The van der Waals surface area contributed by atoms with Gasteiger partial charge in [0.15, 0.2) is 0 Å². The van der Waals surface area contributed by atoms with Crippen molar-refractivity contribution >= 4 is 34.2 Å². The molecule has 0 radical (unpaired) electrons. The molecule has 0 saturated carbocycles. The number of hydrogen-bond acceptors (Lipinski definition) is 3. The largest absolute Gasteiger partial charge is 0.338 e. The summed E-state index contributed by atoms with van der Waals surface area (Å²) in [5.41, 5.74) is 1.11. The Kier molecular flexibility index (Phi) is 3.02. The van der Waals surface area contributed by atoms with Crippen molar-refractivity contribution in [3.63, 3.8) is 0 Å². The normalized spacial score (nSPS) is 10.4. The maximum Gasteiger partial charge on any atom is 0.232 e. The Hall–Kier alpha value is -0.620. The monoisotopic (exact) mass is 320 g/mol. The van der Waals surface area contributed by atoms with Gasteiger partial charge in [0, 0.05) is 27.6 Å². The van der Waals surface area contributed by atoms with E-state index in [9.17, 15) is 0 Å². The maximum absolute atomic E-state index is 5.77. The van der Waals surface area contributed by atoms with Crippen LogP contribution in [0.1, 0.15) is 11.5 Å². The van der Waals surface area contributed by atoms with Crippen molar-refractivity contribution in [3.05, 3.63) is 44.6 Å². The molecular formula is C9H6ClIN2O. The molecule has 1 heterocycles. The highest BCUT2D eigenvalue weighted by molar-refractivity contribution is 14.1. The van der Waals surface area contributed by atoms with Gasteiger partial charge in [0.2, 0.25) is 9.72 Å². The zero-order chi connectivity index (χ0) is 9.97. The number of aromatic nitrogens is 2. The van der Waals surface area contributed by atoms with Crippen LogP contribution in [0, 0.1) is 3.83 Å². The van der Waals surface area contributed by atoms with Crippen molar-refractivity contribution in [1.82, 2.24) is 10.1 Å². The molecule has 0 bridgehead atoms. The number of benzene rings is 1. The third-order valence-corrected chi connectivity index (χ3v) is 2.40. The predicted octanol–water partition coefficient (Wildman–Crippen LogP) is 2.92. The lowest BCUT2D eigenvalue weighted by atomic mass is 10.1. The summed E-state index contributed by atoms with van der Waals surface area (Å²) in [6.07, 6.45) is 0.646. The quantitative estimate of drug-likeness (QED) is 0.799. The Morgan fingerprint density at radius 2 is 2.00 bits per heavy atom. The van der Waals surface area contributed by atoms with E-state index >= 15 is 0 Å². The summed E-state index contributed by atoms with van der Waals surface area (Å²) in [4.78, 5) is 4.10. The van der Waals surface area contributed by atoms with Crippen LogP contribution in [0.15, 0.2) is 28.8 Å². The number of rotatable bonds is 2. The molecule has 0 fully saturated rings. The van der Waals surface area contributed by atoms with Gasteiger partial charge < -0.3 is 4.52 Å². The molecule has 1 aromatic carbocycles. The average molecular weight is 321 g/mol. The third kappa shape index (κ3) is 2.45. The van der Waals surface area contributed by atoms with Gasteiger partial charge in [-0.1, -0.05) is 28.9 Å². The fraction of sp³-hybridized carbons (Fsp3) is 0.111. The Balaban J connectivity index is 2.15. The SMILES string of the molecule is Clc1ccc(Cc2nc(I)no2)cc1. The van der Waals surface area contributed by atoms with E-state index in [4.69, 9.17) is 16.1 Å². The molecule has 0 saturated heterocycles. The molecule has 2 rings (SSSR count). The highest BCUT2D eigenvalue weighted by Crippen LogP contribution is 2.12. The molecule has 0 unspecified atom stereocenters. The second-order valence-electron chi connectivity index (χ2n) is 2.76. The molecule has 0 N–H and O–H groups in total. The van der Waals surface area contributed by atoms with Crippen molar-refractivity contribution in [2.75, 3.05) is 0 Å². The van der Waals surface area contributed by atoms with E-state index in [1.54, 1.807) is 0 Å². The first-order valence-electron chi connectivity index (χ1n) is 3.96. The molecule has 14 heavy (non-hydrogen) atoms. The lowest BCUT2D eigenvalue weighted by Gasteiger charge is -1.95. The summed E-state index contributed by atoms with van der Waals surface area (Å²) in [6.45, 7) is 0. The molecule has 1 aromatic heterocycles. The fourth-order valence-corrected chi connectivity index (χ4v) is 1.58. The summed E-state index contributed by atoms with van der Waals surface area (Å²) < 4.78 is 5.63. The topological polar surface area (TPSA) is 38.9 Å². The Labute approximate surface area is 99.6 Å². The highest BCUT2D eigenvalue weighted by atomic mass is 127. The van der Waals surface area contributed by atoms with E-state index in [0.717, 1.165) is 10.6 Å². The molecule has 0 atom stereocenters. The third-order valence-electron chi connectivity index (χ3n) is 1.71. The van der Waals surface area contributed by atoms with Gasteiger partial charge in [-0.3, -0.25) is 0 Å². The van der Waals surface area contributed by atoms with E-state index in [0.29, 0.717) is 16.1 Å². The first kappa shape index (κ1) is 9.92. The Morgan fingerprint density at radius 1 is 1.29 bits per heavy atom. The number of nitrogens with zero attached hydrogens (tertiary/aromatic N) is 2. The first-order valence-corrected chi connectivity index (χ1v) is 5.42. The summed E-state index contributed by atoms with van der Waals surface area (Å²) in [7, 11) is 0. The van der Waals surface area contributed by atoms with Gasteiger partial charge in [0.05, 0.1) is 6.42 Å². The zero-order valence-corrected chi connectivity index (χ0v) is 9.99. The van der Waals surface area contributed by atoms with Crippen LogP contribution in [0.5, 0.6) is 0 Å². The van der Waals surface area contributed by atoms with Gasteiger partial charge in [-0.15, -0.1) is 0 Å². The van der Waals surface area contributed by atoms with Crippen LogP contribution >= 0.6 is 34.2 Å². The van der Waals surface area contributed by atoms with Crippen molar-refractivity contribution in [3.8, 4) is 0 Å². The van der Waals surface area contributed by atoms with Gasteiger partial charge in [-0.25, -0.2) is 0 Å². The minimum Gasteiger partial charge on any atom is -0.338 e. The van der Waals surface area contributed by atoms with Crippen LogP contribution in [0.25, 0.3) is 0 Å². The highest BCUT2D eigenvalue weighted by Gasteiger charge is 2.04. The van der Waals surface area contributed by atoms with Gasteiger partial charge in [0.25, 0.3) is 0 Å². The second kappa shape index (κ2) is 4.27. The zero-order valence-electron chi connectivity index (χ0n) is 7.08. The Bertz CT molecular complexity index is 427. The molecule has 0 spiro atoms. The predicted molar refractivity (Wildman–Crippen MR) is 61.3 cm³/mol. The molecule has 0 amide bonds. The van der Waals surface area contributed by atoms with E-state index in [2.05, 4.69) is 10.1 Å². The second-order valence-corrected chi connectivity index (χ2v) is 4.16. The Morgan fingerprint density at radius 3 is 2.57 bits per heavy atom. The summed E-state index contributed by atoms with van der Waals surface area (Å²) in [5, 5.41) is 4.44. The van der Waals surface area contributed by atoms with Gasteiger partial charge in [-0.2, -0.15) is 4.98 Å². The van der Waals surface area contributed by atoms with E-state index < -0.39 is 0 Å². The molecule has 0 aliphatic rings. The van der Waals surface area contributed by atoms with Crippen LogP contribution in [0.2, 0.25) is 5.02 Å². The standard InChI is InChI=1S/C9H6ClIN2O/c10-7-3-1-6(2-4-7)5-8-12-9(11)13-14-8/h1-4H,5H2. The molecule has 3 nitrogen and oxygen atoms in total. The lowest BCUT2D eigenvalue weighted by molar-refractivity contribution is 0.381.